The van der Waals surface area contributed by atoms with Crippen LogP contribution in [0, 0.1) is 11.7 Å². The molecule has 2 aromatic rings. The van der Waals surface area contributed by atoms with Gasteiger partial charge in [-0.15, -0.1) is 0 Å². The van der Waals surface area contributed by atoms with Crippen LogP contribution in [0.2, 0.25) is 0 Å². The van der Waals surface area contributed by atoms with Gasteiger partial charge >= 0.3 is 0 Å². The fraction of sp³-hybridized carbons (Fsp3) is 0.562. The van der Waals surface area contributed by atoms with Crippen molar-refractivity contribution >= 4 is 11.0 Å². The Morgan fingerprint density at radius 3 is 2.95 bits per heavy atom. The standard InChI is InChI=1S/C16H22FN3O/c1-3-20-13-6-4-5-12(17)16(13)18-15(20)10-19-8-7-11(2)14(21)9-19/h4-6,11,14,21H,3,7-10H2,1-2H3. The highest BCUT2D eigenvalue weighted by atomic mass is 19.1. The smallest absolute Gasteiger partial charge is 0.151 e. The quantitative estimate of drug-likeness (QED) is 0.944. The van der Waals surface area contributed by atoms with Crippen LogP contribution in [0.15, 0.2) is 18.2 Å². The highest BCUT2D eigenvalue weighted by Gasteiger charge is 2.25. The van der Waals surface area contributed by atoms with Crippen LogP contribution in [0.3, 0.4) is 0 Å². The molecule has 2 heterocycles. The van der Waals surface area contributed by atoms with E-state index in [0.29, 0.717) is 24.5 Å². The fourth-order valence-electron chi connectivity index (χ4n) is 3.09. The van der Waals surface area contributed by atoms with Crippen LogP contribution in [-0.4, -0.2) is 38.8 Å². The number of halogens is 1. The summed E-state index contributed by atoms with van der Waals surface area (Å²) in [5.41, 5.74) is 1.29. The number of aromatic nitrogens is 2. The number of benzene rings is 1. The molecule has 1 fully saturated rings. The van der Waals surface area contributed by atoms with Gasteiger partial charge in [0.1, 0.15) is 11.3 Å². The van der Waals surface area contributed by atoms with E-state index in [-0.39, 0.29) is 11.9 Å². The highest BCUT2D eigenvalue weighted by Crippen LogP contribution is 2.22. The first-order chi connectivity index (χ1) is 10.1. The van der Waals surface area contributed by atoms with E-state index < -0.39 is 0 Å². The van der Waals surface area contributed by atoms with Gasteiger partial charge in [0.15, 0.2) is 5.82 Å². The molecule has 1 aromatic carbocycles. The summed E-state index contributed by atoms with van der Waals surface area (Å²) < 4.78 is 15.9. The predicted octanol–water partition coefficient (Wildman–Crippen LogP) is 2.40. The van der Waals surface area contributed by atoms with E-state index in [1.54, 1.807) is 6.07 Å². The third-order valence-electron chi connectivity index (χ3n) is 4.49. The molecule has 3 rings (SSSR count). The van der Waals surface area contributed by atoms with Gasteiger partial charge < -0.3 is 9.67 Å². The van der Waals surface area contributed by atoms with Crippen molar-refractivity contribution in [3.8, 4) is 0 Å². The number of hydrogen-bond acceptors (Lipinski definition) is 3. The first-order valence-electron chi connectivity index (χ1n) is 7.64. The molecule has 1 saturated heterocycles. The zero-order valence-corrected chi connectivity index (χ0v) is 12.6. The number of β-amino-alcohol motifs (C(OH)–C–C–N with tert-alkyl or cyclic N) is 1. The fourth-order valence-corrected chi connectivity index (χ4v) is 3.09. The third kappa shape index (κ3) is 2.68. The predicted molar refractivity (Wildman–Crippen MR) is 80.4 cm³/mol. The van der Waals surface area contributed by atoms with Gasteiger partial charge in [-0.1, -0.05) is 13.0 Å². The highest BCUT2D eigenvalue weighted by molar-refractivity contribution is 5.76. The van der Waals surface area contributed by atoms with Crippen LogP contribution in [0.4, 0.5) is 4.39 Å². The van der Waals surface area contributed by atoms with Crippen molar-refractivity contribution in [1.82, 2.24) is 14.5 Å². The van der Waals surface area contributed by atoms with Gasteiger partial charge in [0, 0.05) is 13.1 Å². The lowest BCUT2D eigenvalue weighted by Gasteiger charge is -2.34. The van der Waals surface area contributed by atoms with Gasteiger partial charge in [0.05, 0.1) is 18.2 Å². The topological polar surface area (TPSA) is 41.3 Å². The average Bonchev–Trinajstić information content (AvgIpc) is 2.82. The molecule has 21 heavy (non-hydrogen) atoms. The molecule has 0 radical (unpaired) electrons. The normalized spacial score (nSPS) is 23.8. The van der Waals surface area contributed by atoms with Gasteiger partial charge in [0.25, 0.3) is 0 Å². The van der Waals surface area contributed by atoms with E-state index >= 15 is 0 Å². The molecule has 1 aromatic heterocycles. The van der Waals surface area contributed by atoms with Gasteiger partial charge in [-0.25, -0.2) is 9.37 Å². The molecule has 114 valence electrons. The van der Waals surface area contributed by atoms with E-state index in [2.05, 4.69) is 21.4 Å². The van der Waals surface area contributed by atoms with E-state index in [0.717, 1.165) is 30.9 Å². The van der Waals surface area contributed by atoms with E-state index in [4.69, 9.17) is 0 Å². The number of fused-ring (bicyclic) bond motifs is 1. The second-order valence-corrected chi connectivity index (χ2v) is 5.95. The van der Waals surface area contributed by atoms with Crippen molar-refractivity contribution in [3.05, 3.63) is 29.8 Å². The molecule has 0 aliphatic carbocycles. The molecule has 0 spiro atoms. The van der Waals surface area contributed by atoms with Crippen molar-refractivity contribution in [2.45, 2.75) is 39.5 Å². The van der Waals surface area contributed by atoms with Crippen LogP contribution < -0.4 is 0 Å². The Morgan fingerprint density at radius 2 is 2.24 bits per heavy atom. The minimum atomic E-state index is -0.282. The summed E-state index contributed by atoms with van der Waals surface area (Å²) in [5, 5.41) is 10.0. The molecule has 2 unspecified atom stereocenters. The van der Waals surface area contributed by atoms with Crippen LogP contribution in [0.25, 0.3) is 11.0 Å². The monoisotopic (exact) mass is 291 g/mol. The maximum absolute atomic E-state index is 13.9. The first-order valence-corrected chi connectivity index (χ1v) is 7.64. The lowest BCUT2D eigenvalue weighted by atomic mass is 9.96. The molecule has 0 amide bonds. The summed E-state index contributed by atoms with van der Waals surface area (Å²) in [6.45, 7) is 7.17. The average molecular weight is 291 g/mol. The van der Waals surface area contributed by atoms with Crippen molar-refractivity contribution in [2.24, 2.45) is 5.92 Å². The first kappa shape index (κ1) is 14.5. The largest absolute Gasteiger partial charge is 0.392 e. The van der Waals surface area contributed by atoms with Gasteiger partial charge in [0.2, 0.25) is 0 Å². The lowest BCUT2D eigenvalue weighted by molar-refractivity contribution is 0.0246. The third-order valence-corrected chi connectivity index (χ3v) is 4.49. The SMILES string of the molecule is CCn1c(CN2CCC(C)C(O)C2)nc2c(F)cccc21. The summed E-state index contributed by atoms with van der Waals surface area (Å²) >= 11 is 0. The van der Waals surface area contributed by atoms with E-state index in [1.165, 1.54) is 6.07 Å². The van der Waals surface area contributed by atoms with Crippen molar-refractivity contribution < 1.29 is 9.50 Å². The second-order valence-electron chi connectivity index (χ2n) is 5.95. The molecule has 4 nitrogen and oxygen atoms in total. The summed E-state index contributed by atoms with van der Waals surface area (Å²) in [6, 6.07) is 5.08. The second kappa shape index (κ2) is 5.73. The van der Waals surface area contributed by atoms with Crippen LogP contribution >= 0.6 is 0 Å². The minimum absolute atomic E-state index is 0.270. The van der Waals surface area contributed by atoms with Crippen LogP contribution in [-0.2, 0) is 13.1 Å². The Bertz CT molecular complexity index is 640. The van der Waals surface area contributed by atoms with Crippen molar-refractivity contribution in [3.63, 3.8) is 0 Å². The number of piperidine rings is 1. The number of likely N-dealkylation sites (tertiary alicyclic amines) is 1. The van der Waals surface area contributed by atoms with Crippen LogP contribution in [0.1, 0.15) is 26.1 Å². The van der Waals surface area contributed by atoms with Crippen LogP contribution in [0.5, 0.6) is 0 Å². The van der Waals surface area contributed by atoms with E-state index in [1.807, 2.05) is 13.0 Å². The maximum Gasteiger partial charge on any atom is 0.151 e. The Kier molecular flexibility index (Phi) is 3.95. The number of aliphatic hydroxyl groups excluding tert-OH is 1. The number of para-hydroxylation sites is 1. The van der Waals surface area contributed by atoms with Crippen molar-refractivity contribution in [1.29, 1.82) is 0 Å². The summed E-state index contributed by atoms with van der Waals surface area (Å²) in [6.07, 6.45) is 0.706. The molecular weight excluding hydrogens is 269 g/mol. The number of aryl methyl sites for hydroxylation is 1. The number of hydrogen-bond donors (Lipinski definition) is 1. The minimum Gasteiger partial charge on any atom is -0.392 e. The van der Waals surface area contributed by atoms with Gasteiger partial charge in [-0.05, 0) is 37.9 Å². The zero-order chi connectivity index (χ0) is 15.0. The lowest BCUT2D eigenvalue weighted by Crippen LogP contribution is -2.42. The Balaban J connectivity index is 1.88. The summed E-state index contributed by atoms with van der Waals surface area (Å²) in [7, 11) is 0. The Morgan fingerprint density at radius 1 is 1.43 bits per heavy atom. The summed E-state index contributed by atoms with van der Waals surface area (Å²) in [5.74, 6) is 0.955. The van der Waals surface area contributed by atoms with Gasteiger partial charge in [-0.2, -0.15) is 0 Å². The number of nitrogens with zero attached hydrogens (tertiary/aromatic N) is 3. The Labute approximate surface area is 124 Å². The van der Waals surface area contributed by atoms with E-state index in [9.17, 15) is 9.50 Å². The number of imidazole rings is 1. The number of rotatable bonds is 3. The molecule has 5 heteroatoms. The molecule has 2 atom stereocenters. The zero-order valence-electron chi connectivity index (χ0n) is 12.6. The molecule has 1 N–H and O–H groups in total. The van der Waals surface area contributed by atoms with Gasteiger partial charge in [-0.3, -0.25) is 4.90 Å². The molecule has 0 bridgehead atoms. The molecule has 1 aliphatic heterocycles. The molecular formula is C16H22FN3O. The van der Waals surface area contributed by atoms with Crippen molar-refractivity contribution in [2.75, 3.05) is 13.1 Å². The molecule has 1 aliphatic rings. The molecule has 0 saturated carbocycles. The Hall–Kier alpha value is -1.46. The number of aliphatic hydroxyl groups is 1. The summed E-state index contributed by atoms with van der Waals surface area (Å²) in [4.78, 5) is 6.69. The maximum atomic E-state index is 13.9.